The third kappa shape index (κ3) is 5.33. The minimum Gasteiger partial charge on any atom is -0.494 e. The summed E-state index contributed by atoms with van der Waals surface area (Å²) in [7, 11) is 0. The molecule has 5 nitrogen and oxygen atoms in total. The number of ether oxygens (including phenoxy) is 1. The van der Waals surface area contributed by atoms with E-state index in [2.05, 4.69) is 10.6 Å². The van der Waals surface area contributed by atoms with Gasteiger partial charge in [0, 0.05) is 22.9 Å². The molecule has 2 amide bonds. The van der Waals surface area contributed by atoms with Crippen molar-refractivity contribution < 1.29 is 14.3 Å². The average Bonchev–Trinajstić information content (AvgIpc) is 3.20. The first kappa shape index (κ1) is 19.0. The van der Waals surface area contributed by atoms with Crippen molar-refractivity contribution in [1.29, 1.82) is 0 Å². The van der Waals surface area contributed by atoms with Crippen LogP contribution in [0.25, 0.3) is 0 Å². The number of rotatable bonds is 7. The molecular formula is C22H26N2O3. The van der Waals surface area contributed by atoms with Gasteiger partial charge in [-0.25, -0.2) is 0 Å². The Balaban J connectivity index is 1.59. The van der Waals surface area contributed by atoms with Crippen molar-refractivity contribution in [3.05, 3.63) is 59.7 Å². The Labute approximate surface area is 160 Å². The van der Waals surface area contributed by atoms with Gasteiger partial charge in [0.15, 0.2) is 0 Å². The molecule has 2 N–H and O–H groups in total. The second kappa shape index (κ2) is 9.21. The second-order valence-electron chi connectivity index (χ2n) is 6.86. The fourth-order valence-electron chi connectivity index (χ4n) is 3.19. The summed E-state index contributed by atoms with van der Waals surface area (Å²) in [6, 6.07) is 14.4. The fraction of sp³-hybridized carbons (Fsp3) is 0.364. The summed E-state index contributed by atoms with van der Waals surface area (Å²) in [5.74, 6) is 0.420. The molecule has 142 valence electrons. The van der Waals surface area contributed by atoms with Crippen molar-refractivity contribution >= 4 is 17.5 Å². The maximum absolute atomic E-state index is 12.4. The smallest absolute Gasteiger partial charge is 0.255 e. The molecule has 1 aliphatic rings. The summed E-state index contributed by atoms with van der Waals surface area (Å²) in [4.78, 5) is 24.7. The highest BCUT2D eigenvalue weighted by Gasteiger charge is 2.18. The number of carbonyl (C=O) groups excluding carboxylic acids is 2. The quantitative estimate of drug-likeness (QED) is 0.763. The van der Waals surface area contributed by atoms with Gasteiger partial charge < -0.3 is 15.4 Å². The summed E-state index contributed by atoms with van der Waals surface area (Å²) in [6.07, 6.45) is 5.39. The molecule has 5 heteroatoms. The Kier molecular flexibility index (Phi) is 6.47. The first-order valence-corrected chi connectivity index (χ1v) is 9.61. The maximum Gasteiger partial charge on any atom is 0.255 e. The van der Waals surface area contributed by atoms with Crippen LogP contribution in [0, 0.1) is 0 Å². The van der Waals surface area contributed by atoms with E-state index in [1.165, 1.54) is 12.8 Å². The molecule has 2 aromatic carbocycles. The van der Waals surface area contributed by atoms with Crippen LogP contribution < -0.4 is 15.4 Å². The van der Waals surface area contributed by atoms with E-state index in [1.807, 2.05) is 13.0 Å². The van der Waals surface area contributed by atoms with Crippen LogP contribution in [0.4, 0.5) is 5.69 Å². The predicted molar refractivity (Wildman–Crippen MR) is 106 cm³/mol. The number of benzene rings is 2. The zero-order valence-electron chi connectivity index (χ0n) is 15.7. The number of hydrogen-bond donors (Lipinski definition) is 2. The zero-order chi connectivity index (χ0) is 19.1. The fourth-order valence-corrected chi connectivity index (χ4v) is 3.19. The zero-order valence-corrected chi connectivity index (χ0v) is 15.7. The molecule has 3 rings (SSSR count). The van der Waals surface area contributed by atoms with Gasteiger partial charge in [-0.15, -0.1) is 0 Å². The van der Waals surface area contributed by atoms with Crippen LogP contribution in [0.3, 0.4) is 0 Å². The molecule has 0 aliphatic heterocycles. The Bertz CT molecular complexity index is 780. The summed E-state index contributed by atoms with van der Waals surface area (Å²) in [6.45, 7) is 2.66. The summed E-state index contributed by atoms with van der Waals surface area (Å²) in [5.41, 5.74) is 1.79. The summed E-state index contributed by atoms with van der Waals surface area (Å²) in [5, 5.41) is 5.92. The van der Waals surface area contributed by atoms with Gasteiger partial charge in [0.25, 0.3) is 11.8 Å². The molecule has 1 saturated carbocycles. The molecule has 27 heavy (non-hydrogen) atoms. The van der Waals surface area contributed by atoms with E-state index in [0.29, 0.717) is 35.2 Å². The largest absolute Gasteiger partial charge is 0.494 e. The first-order valence-electron chi connectivity index (χ1n) is 9.61. The summed E-state index contributed by atoms with van der Waals surface area (Å²) < 4.78 is 5.57. The average molecular weight is 366 g/mol. The molecule has 0 saturated heterocycles. The number of carbonyl (C=O) groups is 2. The van der Waals surface area contributed by atoms with Crippen LogP contribution in [0.1, 0.15) is 59.7 Å². The van der Waals surface area contributed by atoms with Gasteiger partial charge in [0.1, 0.15) is 5.75 Å². The van der Waals surface area contributed by atoms with E-state index < -0.39 is 0 Å². The van der Waals surface area contributed by atoms with Crippen LogP contribution in [0.15, 0.2) is 48.5 Å². The Morgan fingerprint density at radius 1 is 1.00 bits per heavy atom. The maximum atomic E-state index is 12.4. The SMILES string of the molecule is CCCOc1cccc(C(=O)Nc2ccc(C(=O)NC3CCCC3)cc2)c1. The monoisotopic (exact) mass is 366 g/mol. The molecule has 0 unspecified atom stereocenters. The summed E-state index contributed by atoms with van der Waals surface area (Å²) >= 11 is 0. The van der Waals surface area contributed by atoms with Crippen LogP contribution in [0.2, 0.25) is 0 Å². The van der Waals surface area contributed by atoms with Crippen molar-refractivity contribution in [2.24, 2.45) is 0 Å². The minimum absolute atomic E-state index is 0.0550. The molecule has 0 radical (unpaired) electrons. The molecule has 2 aromatic rings. The highest BCUT2D eigenvalue weighted by molar-refractivity contribution is 6.04. The standard InChI is InChI=1S/C22H26N2O3/c1-2-14-27-20-9-5-6-17(15-20)22(26)24-19-12-10-16(11-13-19)21(25)23-18-7-3-4-8-18/h5-6,9-13,15,18H,2-4,7-8,14H2,1H3,(H,23,25)(H,24,26). The highest BCUT2D eigenvalue weighted by Crippen LogP contribution is 2.19. The normalized spacial score (nSPS) is 14.0. The minimum atomic E-state index is -0.208. The van der Waals surface area contributed by atoms with E-state index in [9.17, 15) is 9.59 Å². The van der Waals surface area contributed by atoms with Gasteiger partial charge in [0.2, 0.25) is 0 Å². The van der Waals surface area contributed by atoms with Crippen molar-refractivity contribution in [2.45, 2.75) is 45.1 Å². The molecule has 0 heterocycles. The lowest BCUT2D eigenvalue weighted by atomic mass is 10.1. The van der Waals surface area contributed by atoms with E-state index in [-0.39, 0.29) is 11.8 Å². The van der Waals surface area contributed by atoms with Crippen molar-refractivity contribution in [3.8, 4) is 5.75 Å². The van der Waals surface area contributed by atoms with E-state index >= 15 is 0 Å². The lowest BCUT2D eigenvalue weighted by molar-refractivity contribution is 0.0937. The number of anilines is 1. The van der Waals surface area contributed by atoms with Crippen molar-refractivity contribution in [3.63, 3.8) is 0 Å². The lowest BCUT2D eigenvalue weighted by Gasteiger charge is -2.12. The van der Waals surface area contributed by atoms with Crippen molar-refractivity contribution in [1.82, 2.24) is 5.32 Å². The molecule has 1 aliphatic carbocycles. The Morgan fingerprint density at radius 3 is 2.44 bits per heavy atom. The van der Waals surface area contributed by atoms with Crippen LogP contribution >= 0.6 is 0 Å². The topological polar surface area (TPSA) is 67.4 Å². The van der Waals surface area contributed by atoms with Gasteiger partial charge in [-0.2, -0.15) is 0 Å². The number of hydrogen-bond acceptors (Lipinski definition) is 3. The second-order valence-corrected chi connectivity index (χ2v) is 6.86. The third-order valence-corrected chi connectivity index (χ3v) is 4.66. The van der Waals surface area contributed by atoms with E-state index in [0.717, 1.165) is 19.3 Å². The molecule has 0 aromatic heterocycles. The Morgan fingerprint density at radius 2 is 1.74 bits per heavy atom. The Hall–Kier alpha value is -2.82. The van der Waals surface area contributed by atoms with Gasteiger partial charge in [-0.1, -0.05) is 25.8 Å². The van der Waals surface area contributed by atoms with Gasteiger partial charge in [-0.05, 0) is 61.7 Å². The van der Waals surface area contributed by atoms with Gasteiger partial charge in [0.05, 0.1) is 6.61 Å². The van der Waals surface area contributed by atoms with E-state index in [4.69, 9.17) is 4.74 Å². The lowest BCUT2D eigenvalue weighted by Crippen LogP contribution is -2.32. The predicted octanol–water partition coefficient (Wildman–Crippen LogP) is 4.40. The first-order chi connectivity index (χ1) is 13.2. The molecule has 0 bridgehead atoms. The third-order valence-electron chi connectivity index (χ3n) is 4.66. The van der Waals surface area contributed by atoms with Crippen LogP contribution in [-0.4, -0.2) is 24.5 Å². The molecule has 1 fully saturated rings. The van der Waals surface area contributed by atoms with Crippen LogP contribution in [-0.2, 0) is 0 Å². The van der Waals surface area contributed by atoms with Crippen LogP contribution in [0.5, 0.6) is 5.75 Å². The highest BCUT2D eigenvalue weighted by atomic mass is 16.5. The van der Waals surface area contributed by atoms with Gasteiger partial charge >= 0.3 is 0 Å². The molecular weight excluding hydrogens is 340 g/mol. The number of nitrogens with one attached hydrogen (secondary N) is 2. The molecule has 0 atom stereocenters. The number of amides is 2. The van der Waals surface area contributed by atoms with Gasteiger partial charge in [-0.3, -0.25) is 9.59 Å². The van der Waals surface area contributed by atoms with E-state index in [1.54, 1.807) is 42.5 Å². The molecule has 0 spiro atoms. The van der Waals surface area contributed by atoms with Crippen molar-refractivity contribution in [2.75, 3.05) is 11.9 Å².